The van der Waals surface area contributed by atoms with Crippen LogP contribution >= 0.6 is 0 Å². The van der Waals surface area contributed by atoms with E-state index in [2.05, 4.69) is 5.32 Å². The van der Waals surface area contributed by atoms with Crippen molar-refractivity contribution in [2.75, 3.05) is 6.54 Å². The van der Waals surface area contributed by atoms with Gasteiger partial charge in [-0.3, -0.25) is 4.79 Å². The normalized spacial score (nSPS) is 20.6. The summed E-state index contributed by atoms with van der Waals surface area (Å²) < 4.78 is 0. The second-order valence-corrected chi connectivity index (χ2v) is 3.97. The maximum Gasteiger partial charge on any atom is 0.295 e. The van der Waals surface area contributed by atoms with Crippen molar-refractivity contribution >= 4 is 5.91 Å². The minimum absolute atomic E-state index is 0.288. The molecule has 1 saturated carbocycles. The zero-order valence-electron chi connectivity index (χ0n) is 8.38. The van der Waals surface area contributed by atoms with E-state index < -0.39 is 11.5 Å². The molecule has 1 aliphatic carbocycles. The molecule has 0 aromatic carbocycles. The van der Waals surface area contributed by atoms with Crippen molar-refractivity contribution in [1.29, 1.82) is 0 Å². The topological polar surface area (TPSA) is 49.3 Å². The average Bonchev–Trinajstić information content (AvgIpc) is 2.40. The minimum atomic E-state index is -0.733. The van der Waals surface area contributed by atoms with Gasteiger partial charge < -0.3 is 10.4 Å². The van der Waals surface area contributed by atoms with E-state index in [0.29, 0.717) is 0 Å². The van der Waals surface area contributed by atoms with Crippen LogP contribution in [0.15, 0.2) is 0 Å². The van der Waals surface area contributed by atoms with Gasteiger partial charge in [0.25, 0.3) is 5.91 Å². The molecule has 0 aliphatic heterocycles. The van der Waals surface area contributed by atoms with Gasteiger partial charge in [-0.1, -0.05) is 25.7 Å². The smallest absolute Gasteiger partial charge is 0.295 e. The van der Waals surface area contributed by atoms with Crippen molar-refractivity contribution in [2.45, 2.75) is 44.1 Å². The van der Waals surface area contributed by atoms with E-state index >= 15 is 0 Å². The van der Waals surface area contributed by atoms with E-state index in [1.165, 1.54) is 12.8 Å². The van der Waals surface area contributed by atoms with E-state index in [1.807, 2.05) is 5.92 Å². The fraction of sp³-hybridized carbons (Fsp3) is 0.727. The first-order valence-electron chi connectivity index (χ1n) is 5.13. The van der Waals surface area contributed by atoms with Crippen LogP contribution in [-0.2, 0) is 4.79 Å². The van der Waals surface area contributed by atoms with Gasteiger partial charge in [0.05, 0.1) is 5.60 Å². The lowest BCUT2D eigenvalue weighted by molar-refractivity contribution is -0.117. The first kappa shape index (κ1) is 11.1. The van der Waals surface area contributed by atoms with E-state index in [-0.39, 0.29) is 6.54 Å². The summed E-state index contributed by atoms with van der Waals surface area (Å²) >= 11 is 0. The molecule has 0 heterocycles. The summed E-state index contributed by atoms with van der Waals surface area (Å²) in [4.78, 5) is 10.8. The van der Waals surface area contributed by atoms with E-state index in [0.717, 1.165) is 25.7 Å². The second kappa shape index (κ2) is 5.02. The molecule has 14 heavy (non-hydrogen) atoms. The summed E-state index contributed by atoms with van der Waals surface area (Å²) in [5.74, 6) is 1.53. The van der Waals surface area contributed by atoms with Crippen LogP contribution in [0.5, 0.6) is 0 Å². The van der Waals surface area contributed by atoms with E-state index in [4.69, 9.17) is 6.42 Å². The molecule has 0 bridgehead atoms. The van der Waals surface area contributed by atoms with Crippen molar-refractivity contribution in [3.8, 4) is 12.3 Å². The van der Waals surface area contributed by atoms with Crippen LogP contribution in [0.1, 0.15) is 38.5 Å². The predicted molar refractivity (Wildman–Crippen MR) is 54.5 cm³/mol. The van der Waals surface area contributed by atoms with Crippen LogP contribution < -0.4 is 5.32 Å². The van der Waals surface area contributed by atoms with Crippen LogP contribution in [0.25, 0.3) is 0 Å². The first-order chi connectivity index (χ1) is 6.66. The molecule has 0 aromatic heterocycles. The van der Waals surface area contributed by atoms with Gasteiger partial charge >= 0.3 is 0 Å². The maximum absolute atomic E-state index is 10.8. The largest absolute Gasteiger partial charge is 0.388 e. The van der Waals surface area contributed by atoms with Crippen molar-refractivity contribution < 1.29 is 9.90 Å². The molecular formula is C11H17NO2. The highest BCUT2D eigenvalue weighted by molar-refractivity contribution is 5.92. The van der Waals surface area contributed by atoms with Crippen molar-refractivity contribution in [2.24, 2.45) is 0 Å². The van der Waals surface area contributed by atoms with Gasteiger partial charge in [0.1, 0.15) is 0 Å². The number of rotatable bonds is 2. The SMILES string of the molecule is C#CC(=O)NCC1(O)CCCCCC1. The molecule has 0 saturated heterocycles. The summed E-state index contributed by atoms with van der Waals surface area (Å²) in [6.45, 7) is 0.288. The van der Waals surface area contributed by atoms with E-state index in [9.17, 15) is 9.90 Å². The maximum atomic E-state index is 10.8. The summed E-state index contributed by atoms with van der Waals surface area (Å²) in [5, 5.41) is 12.7. The highest BCUT2D eigenvalue weighted by Gasteiger charge is 2.27. The van der Waals surface area contributed by atoms with Gasteiger partial charge in [-0.15, -0.1) is 6.42 Å². The lowest BCUT2D eigenvalue weighted by Gasteiger charge is -2.26. The molecule has 0 radical (unpaired) electrons. The molecule has 0 spiro atoms. The summed E-state index contributed by atoms with van der Waals surface area (Å²) in [5.41, 5.74) is -0.733. The number of nitrogens with one attached hydrogen (secondary N) is 1. The van der Waals surface area contributed by atoms with Gasteiger partial charge in [-0.05, 0) is 18.8 Å². The number of carbonyl (C=O) groups excluding carboxylic acids is 1. The monoisotopic (exact) mass is 195 g/mol. The Labute approximate surface area is 84.9 Å². The average molecular weight is 195 g/mol. The molecule has 1 amide bonds. The van der Waals surface area contributed by atoms with Crippen LogP contribution in [-0.4, -0.2) is 23.2 Å². The third-order valence-corrected chi connectivity index (χ3v) is 2.74. The fourth-order valence-corrected chi connectivity index (χ4v) is 1.86. The molecule has 3 nitrogen and oxygen atoms in total. The van der Waals surface area contributed by atoms with Crippen molar-refractivity contribution in [1.82, 2.24) is 5.32 Å². The van der Waals surface area contributed by atoms with Gasteiger partial charge in [0, 0.05) is 6.54 Å². The quantitative estimate of drug-likeness (QED) is 0.506. The zero-order chi connectivity index (χ0) is 10.4. The number of aliphatic hydroxyl groups is 1. The number of hydrogen-bond acceptors (Lipinski definition) is 2. The molecule has 0 atom stereocenters. The van der Waals surface area contributed by atoms with Gasteiger partial charge in [-0.2, -0.15) is 0 Å². The predicted octanol–water partition coefficient (Wildman–Crippen LogP) is 0.821. The van der Waals surface area contributed by atoms with Gasteiger partial charge in [0.2, 0.25) is 0 Å². The van der Waals surface area contributed by atoms with Crippen LogP contribution in [0, 0.1) is 12.3 Å². The lowest BCUT2D eigenvalue weighted by Crippen LogP contribution is -2.42. The Balaban J connectivity index is 2.39. The van der Waals surface area contributed by atoms with Gasteiger partial charge in [-0.25, -0.2) is 0 Å². The highest BCUT2D eigenvalue weighted by Crippen LogP contribution is 2.26. The summed E-state index contributed by atoms with van der Waals surface area (Å²) in [7, 11) is 0. The Morgan fingerprint density at radius 3 is 2.43 bits per heavy atom. The third kappa shape index (κ3) is 3.39. The molecule has 0 unspecified atom stereocenters. The van der Waals surface area contributed by atoms with Crippen LogP contribution in [0.2, 0.25) is 0 Å². The number of hydrogen-bond donors (Lipinski definition) is 2. The fourth-order valence-electron chi connectivity index (χ4n) is 1.86. The molecule has 1 aliphatic rings. The Bertz CT molecular complexity index is 234. The number of amides is 1. The molecule has 1 fully saturated rings. The van der Waals surface area contributed by atoms with Crippen LogP contribution in [0.3, 0.4) is 0 Å². The molecule has 2 N–H and O–H groups in total. The molecule has 78 valence electrons. The standard InChI is InChI=1S/C11H17NO2/c1-2-10(13)12-9-11(14)7-5-3-4-6-8-11/h1,14H,3-9H2,(H,12,13). The van der Waals surface area contributed by atoms with Crippen molar-refractivity contribution in [3.63, 3.8) is 0 Å². The lowest BCUT2D eigenvalue weighted by atomic mass is 9.94. The summed E-state index contributed by atoms with van der Waals surface area (Å²) in [6, 6.07) is 0. The van der Waals surface area contributed by atoms with Crippen molar-refractivity contribution in [3.05, 3.63) is 0 Å². The Hall–Kier alpha value is -1.01. The van der Waals surface area contributed by atoms with E-state index in [1.54, 1.807) is 0 Å². The molecular weight excluding hydrogens is 178 g/mol. The molecule has 3 heteroatoms. The Morgan fingerprint density at radius 2 is 1.93 bits per heavy atom. The third-order valence-electron chi connectivity index (χ3n) is 2.74. The van der Waals surface area contributed by atoms with Gasteiger partial charge in [0.15, 0.2) is 0 Å². The number of carbonyl (C=O) groups is 1. The van der Waals surface area contributed by atoms with Crippen LogP contribution in [0.4, 0.5) is 0 Å². The Morgan fingerprint density at radius 1 is 1.36 bits per heavy atom. The highest BCUT2D eigenvalue weighted by atomic mass is 16.3. The number of terminal acetylenes is 1. The first-order valence-corrected chi connectivity index (χ1v) is 5.13. The second-order valence-electron chi connectivity index (χ2n) is 3.97. The molecule has 0 aromatic rings. The molecule has 1 rings (SSSR count). The Kier molecular flexibility index (Phi) is 3.97. The minimum Gasteiger partial charge on any atom is -0.388 e. The summed E-state index contributed by atoms with van der Waals surface area (Å²) in [6.07, 6.45) is 10.8. The zero-order valence-corrected chi connectivity index (χ0v) is 8.38.